The van der Waals surface area contributed by atoms with Crippen molar-refractivity contribution in [3.05, 3.63) is 175 Å². The first-order valence-electron chi connectivity index (χ1n) is 20.3. The third kappa shape index (κ3) is 6.20. The van der Waals surface area contributed by atoms with Crippen LogP contribution in [0.3, 0.4) is 0 Å². The minimum atomic E-state index is -0.138. The second-order valence-electron chi connectivity index (χ2n) is 18.4. The van der Waals surface area contributed by atoms with Crippen LogP contribution in [0.25, 0.3) is 38.8 Å². The Hall–Kier alpha value is -5.32. The van der Waals surface area contributed by atoms with Crippen LogP contribution in [0, 0.1) is 32.6 Å². The van der Waals surface area contributed by atoms with Crippen molar-refractivity contribution >= 4 is 44.6 Å². The summed E-state index contributed by atoms with van der Waals surface area (Å²) in [5.74, 6) is 2.17. The van der Waals surface area contributed by atoms with Crippen molar-refractivity contribution in [2.45, 2.75) is 66.2 Å². The van der Waals surface area contributed by atoms with Crippen LogP contribution in [0.4, 0.5) is 22.7 Å². The minimum absolute atomic E-state index is 0. The zero-order chi connectivity index (χ0) is 40.2. The number of aryl methyl sites for hydroxylation is 2. The molecule has 0 saturated carbocycles. The second-order valence-corrected chi connectivity index (χ2v) is 18.4. The van der Waals surface area contributed by atoms with E-state index in [1.54, 1.807) is 0 Å². The van der Waals surface area contributed by atoms with Gasteiger partial charge in [0.1, 0.15) is 11.5 Å². The molecule has 0 aliphatic carbocycles. The summed E-state index contributed by atoms with van der Waals surface area (Å²) < 4.78 is 10.6. The fraction of sp³-hybridized carbons (Fsp3) is 0.208. The Balaban J connectivity index is 0.00000449. The van der Waals surface area contributed by atoms with Gasteiger partial charge in [-0.25, -0.2) is 4.98 Å². The van der Waals surface area contributed by atoms with Crippen molar-refractivity contribution in [2.75, 3.05) is 6.67 Å². The van der Waals surface area contributed by atoms with Gasteiger partial charge in [-0.2, -0.15) is 0 Å². The Morgan fingerprint density at radius 3 is 1.95 bits per heavy atom. The molecule has 59 heavy (non-hydrogen) atoms. The third-order valence-corrected chi connectivity index (χ3v) is 12.4. The molecule has 11 rings (SSSR count). The molecule has 0 radical (unpaired) electrons. The van der Waals surface area contributed by atoms with Gasteiger partial charge in [0.2, 0.25) is 0 Å². The normalized spacial score (nSPS) is 18.4. The van der Waals surface area contributed by atoms with Crippen LogP contribution < -0.4 is 13.7 Å². The standard InChI is InChI=1S/C53H49N4O.Pt/c1-35-25-48-49(26-36(35)2)57(33-56(48,34-57)40-19-13-10-14-20-40)41-27-39(53(6,7)8)28-42(30-41)58-43-31-45(37-17-11-9-12-18-37)51-44-21-15-16-22-46(44)55(47(51)32-43)50-29-38(23-24-54-50)52(3,4)5;/h9-29,31,33H,34H2,1-8H3;/q-1;/t56-,57+;/m0./s1. The first-order chi connectivity index (χ1) is 27.7. The van der Waals surface area contributed by atoms with Gasteiger partial charge in [-0.05, 0) is 82.6 Å². The molecular formula is C53H49N4OPt-. The number of quaternary nitrogens is 2. The predicted octanol–water partition coefficient (Wildman–Crippen LogP) is 13.8. The van der Waals surface area contributed by atoms with Crippen molar-refractivity contribution in [1.29, 1.82) is 0 Å². The molecule has 1 saturated heterocycles. The summed E-state index contributed by atoms with van der Waals surface area (Å²) >= 11 is 0. The van der Waals surface area contributed by atoms with E-state index in [2.05, 4.69) is 206 Å². The first-order valence-corrected chi connectivity index (χ1v) is 20.3. The molecule has 0 amide bonds. The van der Waals surface area contributed by atoms with E-state index in [1.165, 1.54) is 39.3 Å². The van der Waals surface area contributed by atoms with Crippen molar-refractivity contribution in [3.63, 3.8) is 0 Å². The molecule has 3 aliphatic heterocycles. The molecule has 0 N–H and O–H groups in total. The quantitative estimate of drug-likeness (QED) is 0.123. The molecule has 0 unspecified atom stereocenters. The zero-order valence-electron chi connectivity index (χ0n) is 35.0. The van der Waals surface area contributed by atoms with E-state index < -0.39 is 0 Å². The summed E-state index contributed by atoms with van der Waals surface area (Å²) in [5, 5.41) is 2.26. The van der Waals surface area contributed by atoms with Gasteiger partial charge >= 0.3 is 0 Å². The number of para-hydroxylation sites is 2. The van der Waals surface area contributed by atoms with Gasteiger partial charge in [0.25, 0.3) is 0 Å². The van der Waals surface area contributed by atoms with Crippen molar-refractivity contribution in [1.82, 2.24) is 18.5 Å². The molecule has 2 atom stereocenters. The van der Waals surface area contributed by atoms with Gasteiger partial charge in [0, 0.05) is 62.1 Å². The van der Waals surface area contributed by atoms with Crippen molar-refractivity contribution in [2.24, 2.45) is 0 Å². The van der Waals surface area contributed by atoms with E-state index in [0.29, 0.717) is 20.5 Å². The van der Waals surface area contributed by atoms with Gasteiger partial charge in [0.15, 0.2) is 18.0 Å². The fourth-order valence-electron chi connectivity index (χ4n) is 9.10. The summed E-state index contributed by atoms with van der Waals surface area (Å²) in [5.41, 5.74) is 14.0. The SMILES string of the molecule is Cc1cc2c(cc1C)[N@+]1(c3[c-]c(Oc4[c-]c5c(c(-c6ccccc6)c4)c4ccccc4n5-c4cc(C(C)(C)C)ccn4)cc(C(C)(C)C)c3)[CH-][N@@+]2(c2ccccc2)C1.[Pt]. The predicted molar refractivity (Wildman–Crippen MR) is 240 cm³/mol. The van der Waals surface area contributed by atoms with Crippen LogP contribution in [0.5, 0.6) is 11.5 Å². The number of rotatable bonds is 6. The number of nitrogens with zero attached hydrogens (tertiary/aromatic N) is 4. The number of aromatic nitrogens is 2. The Morgan fingerprint density at radius 1 is 0.661 bits per heavy atom. The number of benzene rings is 6. The Kier molecular flexibility index (Phi) is 9.21. The van der Waals surface area contributed by atoms with Crippen molar-refractivity contribution < 1.29 is 25.8 Å². The summed E-state index contributed by atoms with van der Waals surface area (Å²) in [6.07, 6.45) is 1.92. The molecule has 3 aliphatic rings. The van der Waals surface area contributed by atoms with Crippen LogP contribution in [0.15, 0.2) is 134 Å². The van der Waals surface area contributed by atoms with E-state index in [1.807, 2.05) is 6.20 Å². The van der Waals surface area contributed by atoms with Gasteiger partial charge in [-0.3, -0.25) is 4.48 Å². The molecular weight excluding hydrogens is 904 g/mol. The monoisotopic (exact) mass is 952 g/mol. The first kappa shape index (κ1) is 39.2. The average Bonchev–Trinajstić information content (AvgIpc) is 3.78. The topological polar surface area (TPSA) is 27.1 Å². The van der Waals surface area contributed by atoms with E-state index in [0.717, 1.165) is 51.1 Å². The molecule has 5 nitrogen and oxygen atoms in total. The number of ether oxygens (including phenoxy) is 1. The van der Waals surface area contributed by atoms with E-state index in [-0.39, 0.29) is 31.9 Å². The maximum Gasteiger partial charge on any atom is 0.184 e. The summed E-state index contributed by atoms with van der Waals surface area (Å²) in [7, 11) is 0. The molecule has 2 aromatic heterocycles. The maximum atomic E-state index is 7.08. The Bertz CT molecular complexity index is 2910. The average molecular weight is 953 g/mol. The van der Waals surface area contributed by atoms with Crippen molar-refractivity contribution in [3.8, 4) is 28.4 Å². The third-order valence-electron chi connectivity index (χ3n) is 12.4. The maximum absolute atomic E-state index is 7.08. The molecule has 2 bridgehead atoms. The van der Waals surface area contributed by atoms with Crippen LogP contribution >= 0.6 is 0 Å². The fourth-order valence-corrected chi connectivity index (χ4v) is 9.10. The summed E-state index contributed by atoms with van der Waals surface area (Å²) in [4.78, 5) is 4.96. The second kappa shape index (κ2) is 13.9. The number of hydrogen-bond acceptors (Lipinski definition) is 2. The Morgan fingerprint density at radius 2 is 1.27 bits per heavy atom. The minimum Gasteiger partial charge on any atom is -0.509 e. The van der Waals surface area contributed by atoms with Gasteiger partial charge in [0.05, 0.1) is 6.67 Å². The van der Waals surface area contributed by atoms with Gasteiger partial charge in [-0.1, -0.05) is 125 Å². The van der Waals surface area contributed by atoms with Crippen LogP contribution in [0.2, 0.25) is 0 Å². The van der Waals surface area contributed by atoms with E-state index >= 15 is 0 Å². The van der Waals surface area contributed by atoms with Gasteiger partial charge < -0.3 is 13.8 Å². The number of pyridine rings is 1. The molecule has 298 valence electrons. The molecule has 1 fully saturated rings. The van der Waals surface area contributed by atoms with Crippen LogP contribution in [-0.4, -0.2) is 16.2 Å². The number of fused-ring (bicyclic) bond motifs is 3. The van der Waals surface area contributed by atoms with Crippen LogP contribution in [0.1, 0.15) is 63.8 Å². The van der Waals surface area contributed by atoms with Gasteiger partial charge in [-0.15, -0.1) is 35.4 Å². The Labute approximate surface area is 363 Å². The largest absolute Gasteiger partial charge is 0.509 e. The zero-order valence-corrected chi connectivity index (χ0v) is 37.3. The molecule has 8 aromatic rings. The van der Waals surface area contributed by atoms with E-state index in [9.17, 15) is 0 Å². The summed E-state index contributed by atoms with van der Waals surface area (Å²) in [6, 6.07) is 53.5. The number of hydrogen-bond donors (Lipinski definition) is 0. The summed E-state index contributed by atoms with van der Waals surface area (Å²) in [6.45, 7) is 21.3. The molecule has 5 heterocycles. The molecule has 0 spiro atoms. The van der Waals surface area contributed by atoms with E-state index in [4.69, 9.17) is 9.72 Å². The molecule has 6 heteroatoms. The molecule has 6 aromatic carbocycles. The van der Waals surface area contributed by atoms with Crippen LogP contribution in [-0.2, 0) is 31.9 Å². The smallest absolute Gasteiger partial charge is 0.184 e.